The monoisotopic (exact) mass is 449 g/mol. The van der Waals surface area contributed by atoms with Crippen molar-refractivity contribution in [3.8, 4) is 5.75 Å². The van der Waals surface area contributed by atoms with Gasteiger partial charge in [-0.2, -0.15) is 0 Å². The lowest BCUT2D eigenvalue weighted by Gasteiger charge is -2.22. The zero-order valence-corrected chi connectivity index (χ0v) is 18.9. The molecule has 0 unspecified atom stereocenters. The smallest absolute Gasteiger partial charge is 0.338 e. The largest absolute Gasteiger partial charge is 0.497 e. The van der Waals surface area contributed by atoms with E-state index in [1.807, 2.05) is 37.2 Å². The predicted octanol–water partition coefficient (Wildman–Crippen LogP) is 3.72. The van der Waals surface area contributed by atoms with Crippen LogP contribution in [0.1, 0.15) is 20.7 Å². The summed E-state index contributed by atoms with van der Waals surface area (Å²) in [5, 5.41) is 0.569. The first kappa shape index (κ1) is 23.6. The molecule has 0 bridgehead atoms. The minimum Gasteiger partial charge on any atom is -0.497 e. The fourth-order valence-electron chi connectivity index (χ4n) is 2.82. The second-order valence-electron chi connectivity index (χ2n) is 6.63. The second kappa shape index (κ2) is 10.4. The van der Waals surface area contributed by atoms with Crippen molar-refractivity contribution in [2.24, 2.45) is 0 Å². The molecular formula is C21H24ClN3O4S. The van der Waals surface area contributed by atoms with E-state index in [9.17, 15) is 9.59 Å². The summed E-state index contributed by atoms with van der Waals surface area (Å²) in [7, 11) is 6.79. The standard InChI is InChI=1S/C21H23N3O4S.ClH/c1-23(2)11-12-24(19(25)15-7-5-6-8-16(15)20(26)28-4)21-22-17-10-9-14(27-3)13-18(17)29-21;/h5-10,13H,11-12H2,1-4H3;1H. The maximum absolute atomic E-state index is 13.4. The molecule has 1 aromatic heterocycles. The highest BCUT2D eigenvalue weighted by Gasteiger charge is 2.25. The Morgan fingerprint density at radius 3 is 2.37 bits per heavy atom. The molecule has 0 saturated carbocycles. The van der Waals surface area contributed by atoms with Crippen molar-refractivity contribution in [3.05, 3.63) is 53.6 Å². The maximum atomic E-state index is 13.4. The van der Waals surface area contributed by atoms with Gasteiger partial charge in [-0.15, -0.1) is 12.4 Å². The number of anilines is 1. The number of carbonyl (C=O) groups is 2. The Morgan fingerprint density at radius 2 is 1.73 bits per heavy atom. The van der Waals surface area contributed by atoms with Crippen LogP contribution in [0.15, 0.2) is 42.5 Å². The molecule has 0 N–H and O–H groups in total. The highest BCUT2D eigenvalue weighted by Crippen LogP contribution is 2.32. The summed E-state index contributed by atoms with van der Waals surface area (Å²) in [5.74, 6) is -0.107. The summed E-state index contributed by atoms with van der Waals surface area (Å²) in [4.78, 5) is 33.8. The molecule has 3 aromatic rings. The Kier molecular flexibility index (Phi) is 8.16. The van der Waals surface area contributed by atoms with Gasteiger partial charge in [-0.3, -0.25) is 9.69 Å². The summed E-state index contributed by atoms with van der Waals surface area (Å²) < 4.78 is 11.0. The van der Waals surface area contributed by atoms with Crippen LogP contribution in [0.2, 0.25) is 0 Å². The number of hydrogen-bond donors (Lipinski definition) is 0. The van der Waals surface area contributed by atoms with Gasteiger partial charge in [-0.1, -0.05) is 23.5 Å². The Bertz CT molecular complexity index is 1040. The van der Waals surface area contributed by atoms with E-state index in [4.69, 9.17) is 9.47 Å². The quantitative estimate of drug-likeness (QED) is 0.512. The van der Waals surface area contributed by atoms with Crippen molar-refractivity contribution in [2.75, 3.05) is 46.3 Å². The molecule has 0 aliphatic rings. The van der Waals surface area contributed by atoms with Crippen LogP contribution in [0.4, 0.5) is 5.13 Å². The Hall–Kier alpha value is -2.68. The van der Waals surface area contributed by atoms with Gasteiger partial charge in [-0.05, 0) is 44.4 Å². The normalized spacial score (nSPS) is 10.6. The van der Waals surface area contributed by atoms with Crippen molar-refractivity contribution >= 4 is 51.0 Å². The SMILES string of the molecule is COC(=O)c1ccccc1C(=O)N(CCN(C)C)c1nc2ccc(OC)cc2s1.Cl. The molecule has 160 valence electrons. The topological polar surface area (TPSA) is 72.0 Å². The van der Waals surface area contributed by atoms with E-state index in [0.29, 0.717) is 18.2 Å². The highest BCUT2D eigenvalue weighted by atomic mass is 35.5. The lowest BCUT2D eigenvalue weighted by molar-refractivity contribution is 0.0597. The summed E-state index contributed by atoms with van der Waals surface area (Å²) >= 11 is 1.41. The highest BCUT2D eigenvalue weighted by molar-refractivity contribution is 7.22. The summed E-state index contributed by atoms with van der Waals surface area (Å²) in [6.07, 6.45) is 0. The van der Waals surface area contributed by atoms with Crippen LogP contribution in [-0.4, -0.2) is 63.2 Å². The van der Waals surface area contributed by atoms with Crippen LogP contribution >= 0.6 is 23.7 Å². The average molecular weight is 450 g/mol. The number of rotatable bonds is 7. The molecule has 1 amide bonds. The number of halogens is 1. The number of thiazole rings is 1. The van der Waals surface area contributed by atoms with Crippen molar-refractivity contribution in [1.82, 2.24) is 9.88 Å². The third-order valence-corrected chi connectivity index (χ3v) is 5.44. The van der Waals surface area contributed by atoms with Crippen molar-refractivity contribution in [3.63, 3.8) is 0 Å². The fourth-order valence-corrected chi connectivity index (χ4v) is 3.84. The van der Waals surface area contributed by atoms with Gasteiger partial charge in [0.1, 0.15) is 5.75 Å². The van der Waals surface area contributed by atoms with Gasteiger partial charge in [0.25, 0.3) is 5.91 Å². The average Bonchev–Trinajstić information content (AvgIpc) is 3.15. The molecule has 7 nitrogen and oxygen atoms in total. The molecule has 0 spiro atoms. The summed E-state index contributed by atoms with van der Waals surface area (Å²) in [5.41, 5.74) is 1.31. The van der Waals surface area contributed by atoms with Crippen LogP contribution in [0.5, 0.6) is 5.75 Å². The molecule has 0 aliphatic heterocycles. The van der Waals surface area contributed by atoms with Gasteiger partial charge < -0.3 is 14.4 Å². The number of esters is 1. The molecule has 0 fully saturated rings. The van der Waals surface area contributed by atoms with Crippen LogP contribution in [0.25, 0.3) is 10.2 Å². The number of ether oxygens (including phenoxy) is 2. The van der Waals surface area contributed by atoms with Gasteiger partial charge in [0.2, 0.25) is 0 Å². The van der Waals surface area contributed by atoms with Crippen molar-refractivity contribution < 1.29 is 19.1 Å². The lowest BCUT2D eigenvalue weighted by Crippen LogP contribution is -2.37. The van der Waals surface area contributed by atoms with Crippen LogP contribution in [0.3, 0.4) is 0 Å². The predicted molar refractivity (Wildman–Crippen MR) is 121 cm³/mol. The summed E-state index contributed by atoms with van der Waals surface area (Å²) in [6.45, 7) is 1.07. The zero-order chi connectivity index (χ0) is 21.0. The molecule has 0 saturated heterocycles. The maximum Gasteiger partial charge on any atom is 0.338 e. The number of hydrogen-bond acceptors (Lipinski definition) is 7. The van der Waals surface area contributed by atoms with Gasteiger partial charge in [0.15, 0.2) is 5.13 Å². The van der Waals surface area contributed by atoms with E-state index in [2.05, 4.69) is 4.98 Å². The number of benzene rings is 2. The van der Waals surface area contributed by atoms with E-state index in [1.54, 1.807) is 36.3 Å². The molecule has 1 heterocycles. The number of aromatic nitrogens is 1. The molecule has 0 aliphatic carbocycles. The number of methoxy groups -OCH3 is 2. The molecule has 9 heteroatoms. The van der Waals surface area contributed by atoms with Gasteiger partial charge >= 0.3 is 5.97 Å². The van der Waals surface area contributed by atoms with E-state index in [-0.39, 0.29) is 29.4 Å². The fraction of sp³-hybridized carbons (Fsp3) is 0.286. The second-order valence-corrected chi connectivity index (χ2v) is 7.64. The first-order chi connectivity index (χ1) is 13.9. The van der Waals surface area contributed by atoms with Crippen LogP contribution in [-0.2, 0) is 4.74 Å². The van der Waals surface area contributed by atoms with Crippen LogP contribution < -0.4 is 9.64 Å². The summed E-state index contributed by atoms with van der Waals surface area (Å²) in [6, 6.07) is 12.3. The third kappa shape index (κ3) is 5.08. The van der Waals surface area contributed by atoms with E-state index in [1.165, 1.54) is 18.4 Å². The molecule has 0 radical (unpaired) electrons. The van der Waals surface area contributed by atoms with Crippen molar-refractivity contribution in [2.45, 2.75) is 0 Å². The molecule has 2 aromatic carbocycles. The minimum absolute atomic E-state index is 0. The van der Waals surface area contributed by atoms with Gasteiger partial charge in [0, 0.05) is 13.1 Å². The number of likely N-dealkylation sites (N-methyl/N-ethyl adjacent to an activating group) is 1. The minimum atomic E-state index is -0.546. The zero-order valence-electron chi connectivity index (χ0n) is 17.2. The first-order valence-electron chi connectivity index (χ1n) is 9.03. The van der Waals surface area contributed by atoms with Gasteiger partial charge in [-0.25, -0.2) is 9.78 Å². The molecule has 3 rings (SSSR count). The number of amides is 1. The van der Waals surface area contributed by atoms with E-state index in [0.717, 1.165) is 16.0 Å². The van der Waals surface area contributed by atoms with Crippen LogP contribution in [0, 0.1) is 0 Å². The Morgan fingerprint density at radius 1 is 1.03 bits per heavy atom. The lowest BCUT2D eigenvalue weighted by atomic mass is 10.1. The Labute approximate surface area is 185 Å². The number of fused-ring (bicyclic) bond motifs is 1. The number of nitrogens with zero attached hydrogens (tertiary/aromatic N) is 3. The molecule has 30 heavy (non-hydrogen) atoms. The van der Waals surface area contributed by atoms with Crippen molar-refractivity contribution in [1.29, 1.82) is 0 Å². The molecule has 0 atom stereocenters. The number of carbonyl (C=O) groups excluding carboxylic acids is 2. The Balaban J connectivity index is 0.00000320. The van der Waals surface area contributed by atoms with Gasteiger partial charge in [0.05, 0.1) is 35.6 Å². The van der Waals surface area contributed by atoms with E-state index >= 15 is 0 Å². The van der Waals surface area contributed by atoms with E-state index < -0.39 is 5.97 Å². The first-order valence-corrected chi connectivity index (χ1v) is 9.84. The molecular weight excluding hydrogens is 426 g/mol. The third-order valence-electron chi connectivity index (χ3n) is 4.39.